The van der Waals surface area contributed by atoms with Gasteiger partial charge in [0.15, 0.2) is 0 Å². The Hall–Kier alpha value is -0.990. The highest BCUT2D eigenvalue weighted by molar-refractivity contribution is 5.33. The van der Waals surface area contributed by atoms with E-state index in [4.69, 9.17) is 4.74 Å². The van der Waals surface area contributed by atoms with Crippen molar-refractivity contribution in [3.05, 3.63) is 11.8 Å². The maximum absolute atomic E-state index is 5.95. The zero-order valence-corrected chi connectivity index (χ0v) is 14.2. The smallest absolute Gasteiger partial charge is 0.215 e. The fraction of sp³-hybridized carbons (Fsp3) is 0.833. The van der Waals surface area contributed by atoms with E-state index in [1.54, 1.807) is 0 Å². The Labute approximate surface area is 130 Å². The highest BCUT2D eigenvalue weighted by Crippen LogP contribution is 2.41. The molecule has 21 heavy (non-hydrogen) atoms. The van der Waals surface area contributed by atoms with Crippen molar-refractivity contribution in [2.45, 2.75) is 90.5 Å². The summed E-state index contributed by atoms with van der Waals surface area (Å²) >= 11 is 0. The van der Waals surface area contributed by atoms with Crippen LogP contribution in [0.15, 0.2) is 6.20 Å². The Kier molecular flexibility index (Phi) is 6.13. The quantitative estimate of drug-likeness (QED) is 0.593. The van der Waals surface area contributed by atoms with Gasteiger partial charge in [-0.25, -0.2) is 4.68 Å². The molecule has 3 nitrogen and oxygen atoms in total. The molecule has 120 valence electrons. The summed E-state index contributed by atoms with van der Waals surface area (Å²) in [5, 5.41) is 4.57. The average Bonchev–Trinajstić information content (AvgIpc) is 2.92. The third-order valence-electron chi connectivity index (χ3n) is 4.86. The van der Waals surface area contributed by atoms with Crippen LogP contribution >= 0.6 is 0 Å². The minimum absolute atomic E-state index is 0.231. The summed E-state index contributed by atoms with van der Waals surface area (Å²) in [7, 11) is 0. The van der Waals surface area contributed by atoms with Crippen molar-refractivity contribution < 1.29 is 4.74 Å². The van der Waals surface area contributed by atoms with Crippen LogP contribution in [-0.2, 0) is 12.0 Å². The number of aryl methyl sites for hydroxylation is 1. The molecule has 3 heteroatoms. The number of ether oxygens (including phenoxy) is 1. The zero-order chi connectivity index (χ0) is 15.1. The molecule has 1 aliphatic heterocycles. The average molecular weight is 292 g/mol. The largest absolute Gasteiger partial charge is 0.478 e. The number of nitrogens with zero attached hydrogens (tertiary/aromatic N) is 2. The summed E-state index contributed by atoms with van der Waals surface area (Å²) in [6.45, 7) is 8.83. The SMILES string of the molecule is CCCCCC(C)(CCCCC)c1cnn2c1OCCC2. The van der Waals surface area contributed by atoms with Crippen LogP contribution in [0.3, 0.4) is 0 Å². The first-order chi connectivity index (χ1) is 10.2. The molecule has 0 radical (unpaired) electrons. The molecule has 0 N–H and O–H groups in total. The van der Waals surface area contributed by atoms with Crippen LogP contribution in [0.5, 0.6) is 5.88 Å². The van der Waals surface area contributed by atoms with Gasteiger partial charge in [-0.05, 0) is 18.3 Å². The number of rotatable bonds is 9. The van der Waals surface area contributed by atoms with E-state index in [1.165, 1.54) is 56.9 Å². The van der Waals surface area contributed by atoms with Gasteiger partial charge in [-0.3, -0.25) is 0 Å². The first-order valence-corrected chi connectivity index (χ1v) is 8.90. The van der Waals surface area contributed by atoms with Crippen LogP contribution in [0.4, 0.5) is 0 Å². The molecular formula is C18H32N2O. The van der Waals surface area contributed by atoms with Gasteiger partial charge in [0, 0.05) is 18.5 Å². The summed E-state index contributed by atoms with van der Waals surface area (Å²) in [6.07, 6.45) is 13.5. The topological polar surface area (TPSA) is 27.1 Å². The van der Waals surface area contributed by atoms with E-state index in [0.717, 1.165) is 25.5 Å². The fourth-order valence-corrected chi connectivity index (χ4v) is 3.41. The van der Waals surface area contributed by atoms with E-state index in [1.807, 2.05) is 0 Å². The molecule has 0 saturated heterocycles. The van der Waals surface area contributed by atoms with Crippen molar-refractivity contribution in [3.63, 3.8) is 0 Å². The van der Waals surface area contributed by atoms with Crippen LogP contribution < -0.4 is 4.74 Å². The molecule has 2 heterocycles. The molecule has 1 aliphatic rings. The number of hydrogen-bond donors (Lipinski definition) is 0. The van der Waals surface area contributed by atoms with Crippen molar-refractivity contribution >= 4 is 0 Å². The summed E-state index contributed by atoms with van der Waals surface area (Å²) in [6, 6.07) is 0. The van der Waals surface area contributed by atoms with E-state index >= 15 is 0 Å². The molecule has 0 bridgehead atoms. The second-order valence-corrected chi connectivity index (χ2v) is 6.76. The lowest BCUT2D eigenvalue weighted by molar-refractivity contribution is 0.220. The molecule has 1 aromatic heterocycles. The van der Waals surface area contributed by atoms with Gasteiger partial charge < -0.3 is 4.74 Å². The van der Waals surface area contributed by atoms with Gasteiger partial charge in [-0.15, -0.1) is 0 Å². The van der Waals surface area contributed by atoms with Crippen LogP contribution in [0.1, 0.15) is 84.1 Å². The van der Waals surface area contributed by atoms with Crippen LogP contribution in [-0.4, -0.2) is 16.4 Å². The van der Waals surface area contributed by atoms with Gasteiger partial charge in [0.2, 0.25) is 5.88 Å². The predicted molar refractivity (Wildman–Crippen MR) is 88.0 cm³/mol. The van der Waals surface area contributed by atoms with Crippen molar-refractivity contribution in [2.24, 2.45) is 0 Å². The van der Waals surface area contributed by atoms with Gasteiger partial charge in [-0.2, -0.15) is 5.10 Å². The zero-order valence-electron chi connectivity index (χ0n) is 14.2. The maximum atomic E-state index is 5.95. The highest BCUT2D eigenvalue weighted by Gasteiger charge is 2.32. The van der Waals surface area contributed by atoms with Crippen molar-refractivity contribution in [1.29, 1.82) is 0 Å². The molecule has 0 unspecified atom stereocenters. The lowest BCUT2D eigenvalue weighted by Gasteiger charge is -2.31. The summed E-state index contributed by atoms with van der Waals surface area (Å²) in [4.78, 5) is 0. The molecule has 0 fully saturated rings. The molecule has 0 saturated carbocycles. The Balaban J connectivity index is 2.14. The van der Waals surface area contributed by atoms with Crippen molar-refractivity contribution in [3.8, 4) is 5.88 Å². The predicted octanol–water partition coefficient (Wildman–Crippen LogP) is 5.08. The minimum Gasteiger partial charge on any atom is -0.478 e. The van der Waals surface area contributed by atoms with E-state index in [9.17, 15) is 0 Å². The maximum Gasteiger partial charge on any atom is 0.215 e. The third kappa shape index (κ3) is 4.02. The van der Waals surface area contributed by atoms with Gasteiger partial charge in [0.1, 0.15) is 0 Å². The molecule has 0 spiro atoms. The standard InChI is InChI=1S/C18H32N2O/c1-4-6-8-11-18(3,12-9-7-5-2)16-15-19-20-13-10-14-21-17(16)20/h15H,4-14H2,1-3H3. The molecule has 0 aromatic carbocycles. The molecule has 0 aliphatic carbocycles. The molecule has 0 amide bonds. The van der Waals surface area contributed by atoms with E-state index in [-0.39, 0.29) is 5.41 Å². The van der Waals surface area contributed by atoms with Crippen molar-refractivity contribution in [1.82, 2.24) is 9.78 Å². The van der Waals surface area contributed by atoms with Crippen LogP contribution in [0, 0.1) is 0 Å². The van der Waals surface area contributed by atoms with Gasteiger partial charge in [0.25, 0.3) is 0 Å². The molecular weight excluding hydrogens is 260 g/mol. The van der Waals surface area contributed by atoms with Crippen molar-refractivity contribution in [2.75, 3.05) is 6.61 Å². The summed E-state index contributed by atoms with van der Waals surface area (Å²) in [5.41, 5.74) is 1.59. The Bertz CT molecular complexity index is 415. The van der Waals surface area contributed by atoms with E-state index in [0.29, 0.717) is 0 Å². The first-order valence-electron chi connectivity index (χ1n) is 8.90. The second-order valence-electron chi connectivity index (χ2n) is 6.76. The Morgan fingerprint density at radius 3 is 2.43 bits per heavy atom. The highest BCUT2D eigenvalue weighted by atomic mass is 16.5. The number of hydrogen-bond acceptors (Lipinski definition) is 2. The fourth-order valence-electron chi connectivity index (χ4n) is 3.41. The summed E-state index contributed by atoms with van der Waals surface area (Å²) in [5.74, 6) is 1.05. The van der Waals surface area contributed by atoms with Gasteiger partial charge >= 0.3 is 0 Å². The molecule has 1 aromatic rings. The van der Waals surface area contributed by atoms with E-state index in [2.05, 4.69) is 36.7 Å². The van der Waals surface area contributed by atoms with Crippen LogP contribution in [0.2, 0.25) is 0 Å². The lowest BCUT2D eigenvalue weighted by atomic mass is 9.75. The van der Waals surface area contributed by atoms with Gasteiger partial charge in [0.05, 0.1) is 12.8 Å². The monoisotopic (exact) mass is 292 g/mol. The Morgan fingerprint density at radius 2 is 1.81 bits per heavy atom. The number of aromatic nitrogens is 2. The number of fused-ring (bicyclic) bond motifs is 1. The molecule has 0 atom stereocenters. The first kappa shape index (κ1) is 16.4. The van der Waals surface area contributed by atoms with Gasteiger partial charge in [-0.1, -0.05) is 59.3 Å². The molecule has 2 rings (SSSR count). The van der Waals surface area contributed by atoms with Crippen LogP contribution in [0.25, 0.3) is 0 Å². The summed E-state index contributed by atoms with van der Waals surface area (Å²) < 4.78 is 8.02. The second kappa shape index (κ2) is 7.86. The third-order valence-corrected chi connectivity index (χ3v) is 4.86. The van der Waals surface area contributed by atoms with E-state index < -0.39 is 0 Å². The lowest BCUT2D eigenvalue weighted by Crippen LogP contribution is -2.24. The minimum atomic E-state index is 0.231. The Morgan fingerprint density at radius 1 is 1.14 bits per heavy atom. The number of unbranched alkanes of at least 4 members (excludes halogenated alkanes) is 4. The normalized spacial score (nSPS) is 14.8.